The molecule has 0 heterocycles. The topological polar surface area (TPSA) is 52.4 Å². The Morgan fingerprint density at radius 1 is 1.21 bits per heavy atom. The summed E-state index contributed by atoms with van der Waals surface area (Å²) in [6, 6.07) is 11.7. The molecule has 0 aliphatic carbocycles. The normalized spacial score (nSPS) is 10.2. The van der Waals surface area contributed by atoms with Gasteiger partial charge in [-0.1, -0.05) is 23.4 Å². The second-order valence-corrected chi connectivity index (χ2v) is 5.17. The number of nitro groups is 1. The highest BCUT2D eigenvalue weighted by molar-refractivity contribution is 7.99. The van der Waals surface area contributed by atoms with Crippen LogP contribution in [0, 0.1) is 10.1 Å². The van der Waals surface area contributed by atoms with E-state index in [2.05, 4.69) is 0 Å². The number of nitrogens with zero attached hydrogens (tertiary/aromatic N) is 1. The van der Waals surface area contributed by atoms with Gasteiger partial charge in [0.2, 0.25) is 0 Å². The maximum Gasteiger partial charge on any atom is 0.269 e. The second-order valence-electron chi connectivity index (χ2n) is 3.65. The van der Waals surface area contributed by atoms with Gasteiger partial charge in [-0.2, -0.15) is 0 Å². The van der Waals surface area contributed by atoms with Gasteiger partial charge in [-0.25, -0.2) is 0 Å². The fourth-order valence-electron chi connectivity index (χ4n) is 1.45. The van der Waals surface area contributed by atoms with Crippen molar-refractivity contribution in [1.82, 2.24) is 0 Å². The summed E-state index contributed by atoms with van der Waals surface area (Å²) in [6.45, 7) is 0. The minimum Gasteiger partial charge on any atom is -0.497 e. The van der Waals surface area contributed by atoms with Crippen LogP contribution in [-0.4, -0.2) is 12.0 Å². The predicted molar refractivity (Wildman–Crippen MR) is 75.2 cm³/mol. The minimum atomic E-state index is -0.422. The van der Waals surface area contributed by atoms with Crippen molar-refractivity contribution in [3.05, 3.63) is 57.6 Å². The molecule has 0 saturated heterocycles. The second kappa shape index (κ2) is 5.95. The molecular weight excluding hydrogens is 286 g/mol. The van der Waals surface area contributed by atoms with Crippen molar-refractivity contribution in [3.8, 4) is 5.75 Å². The summed E-state index contributed by atoms with van der Waals surface area (Å²) in [6.07, 6.45) is 0. The number of non-ortho nitro benzene ring substituents is 1. The zero-order valence-corrected chi connectivity index (χ0v) is 11.6. The van der Waals surface area contributed by atoms with Crippen molar-refractivity contribution in [3.63, 3.8) is 0 Å². The average molecular weight is 296 g/mol. The highest BCUT2D eigenvalue weighted by Gasteiger charge is 2.07. The Labute approximate surface area is 119 Å². The highest BCUT2D eigenvalue weighted by atomic mass is 35.5. The zero-order chi connectivity index (χ0) is 13.8. The lowest BCUT2D eigenvalue weighted by Crippen LogP contribution is -1.86. The number of hydrogen-bond donors (Lipinski definition) is 0. The number of methoxy groups -OCH3 is 1. The summed E-state index contributed by atoms with van der Waals surface area (Å²) < 4.78 is 5.07. The molecule has 2 aromatic rings. The van der Waals surface area contributed by atoms with Crippen molar-refractivity contribution in [2.24, 2.45) is 0 Å². The molecular formula is C13H10ClNO3S. The van der Waals surface area contributed by atoms with Crippen LogP contribution in [0.5, 0.6) is 5.75 Å². The van der Waals surface area contributed by atoms with E-state index in [1.165, 1.54) is 23.9 Å². The number of hydrogen-bond acceptors (Lipinski definition) is 4. The molecule has 2 rings (SSSR count). The molecule has 19 heavy (non-hydrogen) atoms. The smallest absolute Gasteiger partial charge is 0.269 e. The molecule has 4 nitrogen and oxygen atoms in total. The molecule has 0 aromatic heterocycles. The van der Waals surface area contributed by atoms with Gasteiger partial charge in [0.15, 0.2) is 0 Å². The van der Waals surface area contributed by atoms with Crippen molar-refractivity contribution in [2.75, 3.05) is 7.11 Å². The maximum absolute atomic E-state index is 10.6. The number of nitro benzene ring substituents is 1. The van der Waals surface area contributed by atoms with E-state index in [1.807, 2.05) is 12.1 Å². The van der Waals surface area contributed by atoms with Crippen LogP contribution in [-0.2, 0) is 0 Å². The SMILES string of the molecule is COc1ccc(Sc2ccc([N+](=O)[O-])cc2)c(Cl)c1. The molecule has 2 aromatic carbocycles. The first-order valence-electron chi connectivity index (χ1n) is 5.36. The van der Waals surface area contributed by atoms with Gasteiger partial charge in [0.25, 0.3) is 5.69 Å². The van der Waals surface area contributed by atoms with Crippen LogP contribution in [0.4, 0.5) is 5.69 Å². The van der Waals surface area contributed by atoms with E-state index < -0.39 is 4.92 Å². The zero-order valence-electron chi connectivity index (χ0n) is 10.00. The van der Waals surface area contributed by atoms with Crippen LogP contribution in [0.1, 0.15) is 0 Å². The number of rotatable bonds is 4. The van der Waals surface area contributed by atoms with E-state index in [-0.39, 0.29) is 5.69 Å². The summed E-state index contributed by atoms with van der Waals surface area (Å²) >= 11 is 7.57. The largest absolute Gasteiger partial charge is 0.497 e. The van der Waals surface area contributed by atoms with Gasteiger partial charge in [-0.05, 0) is 30.3 Å². The van der Waals surface area contributed by atoms with Crippen LogP contribution in [0.15, 0.2) is 52.3 Å². The van der Waals surface area contributed by atoms with Crippen molar-refractivity contribution in [1.29, 1.82) is 0 Å². The lowest BCUT2D eigenvalue weighted by Gasteiger charge is -2.06. The van der Waals surface area contributed by atoms with Crippen LogP contribution >= 0.6 is 23.4 Å². The molecule has 0 fully saturated rings. The van der Waals surface area contributed by atoms with E-state index in [4.69, 9.17) is 16.3 Å². The average Bonchev–Trinajstić information content (AvgIpc) is 2.41. The lowest BCUT2D eigenvalue weighted by atomic mass is 10.3. The molecule has 0 saturated carbocycles. The van der Waals surface area contributed by atoms with Crippen LogP contribution in [0.3, 0.4) is 0 Å². The fraction of sp³-hybridized carbons (Fsp3) is 0.0769. The summed E-state index contributed by atoms with van der Waals surface area (Å²) in [5, 5.41) is 11.1. The van der Waals surface area contributed by atoms with Crippen molar-refractivity contribution in [2.45, 2.75) is 9.79 Å². The number of benzene rings is 2. The van der Waals surface area contributed by atoms with Gasteiger partial charge in [-0.3, -0.25) is 10.1 Å². The van der Waals surface area contributed by atoms with Crippen molar-refractivity contribution >= 4 is 29.1 Å². The molecule has 0 aliphatic rings. The van der Waals surface area contributed by atoms with Gasteiger partial charge in [0.05, 0.1) is 17.1 Å². The standard InChI is InChI=1S/C13H10ClNO3S/c1-18-10-4-7-13(12(14)8-10)19-11-5-2-9(3-6-11)15(16)17/h2-8H,1H3. The third kappa shape index (κ3) is 3.39. The molecule has 0 aliphatic heterocycles. The van der Waals surface area contributed by atoms with Crippen LogP contribution < -0.4 is 4.74 Å². The number of ether oxygens (including phenoxy) is 1. The Hall–Kier alpha value is -1.72. The highest BCUT2D eigenvalue weighted by Crippen LogP contribution is 2.35. The Bertz CT molecular complexity index is 601. The van der Waals surface area contributed by atoms with Gasteiger partial charge in [0.1, 0.15) is 5.75 Å². The molecule has 0 amide bonds. The Morgan fingerprint density at radius 3 is 2.42 bits per heavy atom. The molecule has 0 N–H and O–H groups in total. The monoisotopic (exact) mass is 295 g/mol. The molecule has 6 heteroatoms. The Morgan fingerprint density at radius 2 is 1.89 bits per heavy atom. The van der Waals surface area contributed by atoms with Crippen molar-refractivity contribution < 1.29 is 9.66 Å². The maximum atomic E-state index is 10.6. The third-order valence-electron chi connectivity index (χ3n) is 2.41. The summed E-state index contributed by atoms with van der Waals surface area (Å²) in [5.41, 5.74) is 0.0742. The predicted octanol–water partition coefficient (Wildman–Crippen LogP) is 4.41. The van der Waals surface area contributed by atoms with E-state index in [9.17, 15) is 10.1 Å². The quantitative estimate of drug-likeness (QED) is 0.619. The molecule has 0 spiro atoms. The summed E-state index contributed by atoms with van der Waals surface area (Å²) in [7, 11) is 1.58. The molecule has 98 valence electrons. The van der Waals surface area contributed by atoms with Gasteiger partial charge >= 0.3 is 0 Å². The molecule has 0 radical (unpaired) electrons. The number of halogens is 1. The Kier molecular flexibility index (Phi) is 4.29. The molecule has 0 atom stereocenters. The summed E-state index contributed by atoms with van der Waals surface area (Å²) in [5.74, 6) is 0.693. The van der Waals surface area contributed by atoms with Gasteiger partial charge in [-0.15, -0.1) is 0 Å². The first-order valence-corrected chi connectivity index (χ1v) is 6.55. The van der Waals surface area contributed by atoms with E-state index in [0.29, 0.717) is 10.8 Å². The van der Waals surface area contributed by atoms with Crippen LogP contribution in [0.25, 0.3) is 0 Å². The Balaban J connectivity index is 2.19. The first-order chi connectivity index (χ1) is 9.10. The first kappa shape index (κ1) is 13.7. The van der Waals surface area contributed by atoms with Gasteiger partial charge < -0.3 is 4.74 Å². The lowest BCUT2D eigenvalue weighted by molar-refractivity contribution is -0.384. The summed E-state index contributed by atoms with van der Waals surface area (Å²) in [4.78, 5) is 11.9. The van der Waals surface area contributed by atoms with E-state index in [0.717, 1.165) is 9.79 Å². The third-order valence-corrected chi connectivity index (χ3v) is 3.92. The molecule has 0 unspecified atom stereocenters. The van der Waals surface area contributed by atoms with Crippen LogP contribution in [0.2, 0.25) is 5.02 Å². The minimum absolute atomic E-state index is 0.0742. The fourth-order valence-corrected chi connectivity index (χ4v) is 2.56. The van der Waals surface area contributed by atoms with E-state index in [1.54, 1.807) is 25.3 Å². The van der Waals surface area contributed by atoms with E-state index >= 15 is 0 Å². The molecule has 0 bridgehead atoms. The van der Waals surface area contributed by atoms with Gasteiger partial charge in [0, 0.05) is 21.9 Å².